The van der Waals surface area contributed by atoms with Crippen LogP contribution in [0.3, 0.4) is 0 Å². The molecule has 36 heavy (non-hydrogen) atoms. The number of benzene rings is 2. The van der Waals surface area contributed by atoms with Crippen LogP contribution in [0.5, 0.6) is 11.5 Å². The van der Waals surface area contributed by atoms with Gasteiger partial charge in [0.1, 0.15) is 17.6 Å². The summed E-state index contributed by atoms with van der Waals surface area (Å²) < 4.78 is 44.2. The number of anilines is 1. The van der Waals surface area contributed by atoms with Gasteiger partial charge in [-0.25, -0.2) is 8.42 Å². The molecule has 0 radical (unpaired) electrons. The highest BCUT2D eigenvalue weighted by Crippen LogP contribution is 2.27. The molecule has 0 bridgehead atoms. The van der Waals surface area contributed by atoms with E-state index in [9.17, 15) is 13.2 Å². The molecule has 2 fully saturated rings. The highest BCUT2D eigenvalue weighted by molar-refractivity contribution is 7.89. The number of nitrogens with one attached hydrogen (secondary N) is 1. The SMILES string of the molecule is COc1ccc(S(=O)(=O)N2CCOCC2)cc1CCC(=O)Nc1ccc(OC2CCN(C)CC2)cc1. The van der Waals surface area contributed by atoms with Crippen molar-refractivity contribution in [1.82, 2.24) is 9.21 Å². The number of piperidine rings is 1. The fraction of sp³-hybridized carbons (Fsp3) is 0.500. The minimum Gasteiger partial charge on any atom is -0.496 e. The number of nitrogens with zero attached hydrogens (tertiary/aromatic N) is 2. The normalized spacial score (nSPS) is 18.1. The molecular formula is C26H35N3O6S. The minimum absolute atomic E-state index is 0.164. The zero-order valence-corrected chi connectivity index (χ0v) is 21.8. The molecule has 2 aromatic carbocycles. The molecule has 0 aromatic heterocycles. The zero-order valence-electron chi connectivity index (χ0n) is 20.9. The van der Waals surface area contributed by atoms with Gasteiger partial charge in [0.2, 0.25) is 15.9 Å². The first-order chi connectivity index (χ1) is 17.3. The summed E-state index contributed by atoms with van der Waals surface area (Å²) in [6, 6.07) is 12.2. The highest BCUT2D eigenvalue weighted by Gasteiger charge is 2.27. The average molecular weight is 518 g/mol. The third kappa shape index (κ3) is 6.76. The van der Waals surface area contributed by atoms with E-state index in [0.29, 0.717) is 49.7 Å². The Hall–Kier alpha value is -2.66. The van der Waals surface area contributed by atoms with E-state index in [1.807, 2.05) is 24.3 Å². The molecule has 0 spiro atoms. The van der Waals surface area contributed by atoms with E-state index in [1.165, 1.54) is 11.4 Å². The largest absolute Gasteiger partial charge is 0.496 e. The number of ether oxygens (including phenoxy) is 3. The average Bonchev–Trinajstić information content (AvgIpc) is 2.90. The Morgan fingerprint density at radius 1 is 1.06 bits per heavy atom. The number of aryl methyl sites for hydroxylation is 1. The van der Waals surface area contributed by atoms with Crippen LogP contribution in [0.15, 0.2) is 47.4 Å². The number of morpholine rings is 1. The standard InChI is InChI=1S/C26H35N3O6S/c1-28-13-11-23(12-14-28)35-22-6-4-21(5-7-22)27-26(30)10-3-20-19-24(8-9-25(20)33-2)36(31,32)29-15-17-34-18-16-29/h4-9,19,23H,3,10-18H2,1-2H3,(H,27,30). The summed E-state index contributed by atoms with van der Waals surface area (Å²) in [5, 5.41) is 2.90. The van der Waals surface area contributed by atoms with E-state index in [2.05, 4.69) is 17.3 Å². The Balaban J connectivity index is 1.33. The van der Waals surface area contributed by atoms with Crippen molar-refractivity contribution in [3.63, 3.8) is 0 Å². The molecule has 196 valence electrons. The first-order valence-corrected chi connectivity index (χ1v) is 13.8. The predicted molar refractivity (Wildman–Crippen MR) is 137 cm³/mol. The van der Waals surface area contributed by atoms with Crippen molar-refractivity contribution in [2.24, 2.45) is 0 Å². The number of carbonyl (C=O) groups is 1. The van der Waals surface area contributed by atoms with Crippen LogP contribution in [-0.4, -0.2) is 83.2 Å². The second-order valence-electron chi connectivity index (χ2n) is 9.18. The number of methoxy groups -OCH3 is 1. The molecule has 2 aromatic rings. The Bertz CT molecular complexity index is 1120. The molecule has 0 unspecified atom stereocenters. The van der Waals surface area contributed by atoms with E-state index in [-0.39, 0.29) is 23.3 Å². The molecule has 9 nitrogen and oxygen atoms in total. The van der Waals surface area contributed by atoms with E-state index in [4.69, 9.17) is 14.2 Å². The molecular weight excluding hydrogens is 482 g/mol. The quantitative estimate of drug-likeness (QED) is 0.546. The molecule has 0 aliphatic carbocycles. The molecule has 1 amide bonds. The zero-order chi connectivity index (χ0) is 25.5. The molecule has 2 saturated heterocycles. The van der Waals surface area contributed by atoms with Gasteiger partial charge in [-0.05, 0) is 74.3 Å². The lowest BCUT2D eigenvalue weighted by molar-refractivity contribution is -0.116. The first-order valence-electron chi connectivity index (χ1n) is 12.3. The van der Waals surface area contributed by atoms with E-state index in [1.54, 1.807) is 18.2 Å². The number of carbonyl (C=O) groups excluding carboxylic acids is 1. The Kier molecular flexibility index (Phi) is 8.84. The van der Waals surface area contributed by atoms with Gasteiger partial charge < -0.3 is 24.4 Å². The van der Waals surface area contributed by atoms with Crippen LogP contribution >= 0.6 is 0 Å². The van der Waals surface area contributed by atoms with Gasteiger partial charge >= 0.3 is 0 Å². The van der Waals surface area contributed by atoms with Crippen molar-refractivity contribution >= 4 is 21.6 Å². The lowest BCUT2D eigenvalue weighted by Crippen LogP contribution is -2.40. The number of sulfonamides is 1. The monoisotopic (exact) mass is 517 g/mol. The van der Waals surface area contributed by atoms with Gasteiger partial charge in [-0.3, -0.25) is 4.79 Å². The van der Waals surface area contributed by atoms with Crippen LogP contribution in [0.1, 0.15) is 24.8 Å². The fourth-order valence-corrected chi connectivity index (χ4v) is 5.89. The summed E-state index contributed by atoms with van der Waals surface area (Å²) in [5.41, 5.74) is 1.36. The van der Waals surface area contributed by atoms with Gasteiger partial charge in [-0.1, -0.05) is 0 Å². The maximum atomic E-state index is 13.0. The summed E-state index contributed by atoms with van der Waals surface area (Å²) in [5.74, 6) is 1.19. The second-order valence-corrected chi connectivity index (χ2v) is 11.1. The third-order valence-corrected chi connectivity index (χ3v) is 8.48. The van der Waals surface area contributed by atoms with Gasteiger partial charge in [0.05, 0.1) is 25.2 Å². The summed E-state index contributed by atoms with van der Waals surface area (Å²) in [6.45, 7) is 3.49. The van der Waals surface area contributed by atoms with Crippen LogP contribution in [0, 0.1) is 0 Å². The molecule has 0 atom stereocenters. The summed E-state index contributed by atoms with van der Waals surface area (Å²) in [7, 11) is 0.0196. The van der Waals surface area contributed by atoms with Crippen molar-refractivity contribution in [2.45, 2.75) is 36.7 Å². The Labute approximate surface area is 213 Å². The van der Waals surface area contributed by atoms with Crippen LogP contribution in [0.25, 0.3) is 0 Å². The molecule has 1 N–H and O–H groups in total. The molecule has 2 heterocycles. The number of likely N-dealkylation sites (tertiary alicyclic amines) is 1. The van der Waals surface area contributed by atoms with Crippen molar-refractivity contribution in [2.75, 3.05) is 58.9 Å². The smallest absolute Gasteiger partial charge is 0.243 e. The van der Waals surface area contributed by atoms with E-state index < -0.39 is 10.0 Å². The van der Waals surface area contributed by atoms with E-state index >= 15 is 0 Å². The fourth-order valence-electron chi connectivity index (χ4n) is 4.43. The number of amides is 1. The van der Waals surface area contributed by atoms with Gasteiger partial charge in [0, 0.05) is 38.3 Å². The highest BCUT2D eigenvalue weighted by atomic mass is 32.2. The first kappa shape index (κ1) is 26.4. The van der Waals surface area contributed by atoms with Gasteiger partial charge in [-0.15, -0.1) is 0 Å². The number of hydrogen-bond donors (Lipinski definition) is 1. The van der Waals surface area contributed by atoms with E-state index in [0.717, 1.165) is 31.7 Å². The Morgan fingerprint density at radius 3 is 2.42 bits per heavy atom. The summed E-state index contributed by atoms with van der Waals surface area (Å²) in [6.07, 6.45) is 2.77. The lowest BCUT2D eigenvalue weighted by Gasteiger charge is -2.29. The summed E-state index contributed by atoms with van der Waals surface area (Å²) in [4.78, 5) is 15.1. The lowest BCUT2D eigenvalue weighted by atomic mass is 10.1. The Morgan fingerprint density at radius 2 is 1.75 bits per heavy atom. The van der Waals surface area contributed by atoms with Crippen LogP contribution in [0.4, 0.5) is 5.69 Å². The molecule has 0 saturated carbocycles. The predicted octanol–water partition coefficient (Wildman–Crippen LogP) is 2.76. The van der Waals surface area contributed by atoms with Gasteiger partial charge in [-0.2, -0.15) is 4.31 Å². The number of hydrogen-bond acceptors (Lipinski definition) is 7. The molecule has 2 aliphatic heterocycles. The van der Waals surface area contributed by atoms with Gasteiger partial charge in [0.25, 0.3) is 0 Å². The maximum absolute atomic E-state index is 13.0. The molecule has 4 rings (SSSR count). The second kappa shape index (κ2) is 12.1. The topological polar surface area (TPSA) is 97.4 Å². The minimum atomic E-state index is -3.63. The van der Waals surface area contributed by atoms with Crippen molar-refractivity contribution in [3.8, 4) is 11.5 Å². The van der Waals surface area contributed by atoms with Crippen LogP contribution in [0.2, 0.25) is 0 Å². The molecule has 2 aliphatic rings. The van der Waals surface area contributed by atoms with Gasteiger partial charge in [0.15, 0.2) is 0 Å². The summed E-state index contributed by atoms with van der Waals surface area (Å²) >= 11 is 0. The maximum Gasteiger partial charge on any atom is 0.243 e. The molecule has 10 heteroatoms. The van der Waals surface area contributed by atoms with Crippen LogP contribution in [-0.2, 0) is 26.0 Å². The van der Waals surface area contributed by atoms with Crippen molar-refractivity contribution in [3.05, 3.63) is 48.0 Å². The van der Waals surface area contributed by atoms with Crippen LogP contribution < -0.4 is 14.8 Å². The van der Waals surface area contributed by atoms with Crippen molar-refractivity contribution < 1.29 is 27.4 Å². The van der Waals surface area contributed by atoms with Crippen molar-refractivity contribution in [1.29, 1.82) is 0 Å². The number of rotatable bonds is 9. The third-order valence-electron chi connectivity index (χ3n) is 6.59.